The number of hydrogen-bond acceptors (Lipinski definition) is 5. The van der Waals surface area contributed by atoms with Gasteiger partial charge in [0.05, 0.1) is 24.3 Å². The topological polar surface area (TPSA) is 75.7 Å². The molecule has 0 spiro atoms. The van der Waals surface area contributed by atoms with Gasteiger partial charge in [-0.15, -0.1) is 0 Å². The minimum Gasteiger partial charge on any atom is -0.497 e. The molecule has 0 unspecified atom stereocenters. The molecule has 0 saturated heterocycles. The monoisotopic (exact) mass is 443 g/mol. The Balaban J connectivity index is 1.43. The van der Waals surface area contributed by atoms with Crippen molar-refractivity contribution < 1.29 is 4.74 Å². The van der Waals surface area contributed by atoms with E-state index in [1.165, 1.54) is 5.56 Å². The summed E-state index contributed by atoms with van der Waals surface area (Å²) in [6.07, 6.45) is 1.81. The lowest BCUT2D eigenvalue weighted by molar-refractivity contribution is 0.415. The zero-order valence-electron chi connectivity index (χ0n) is 18.5. The molecule has 2 N–H and O–H groups in total. The van der Waals surface area contributed by atoms with Crippen molar-refractivity contribution in [3.05, 3.63) is 97.2 Å². The number of ether oxygens (including phenoxy) is 1. The van der Waals surface area contributed by atoms with E-state index >= 15 is 0 Å². The minimum atomic E-state index is 0.657. The van der Waals surface area contributed by atoms with Gasteiger partial charge in [0.1, 0.15) is 11.6 Å². The molecular formula is C28H21N5O. The van der Waals surface area contributed by atoms with Gasteiger partial charge in [0.25, 0.3) is 0 Å². The summed E-state index contributed by atoms with van der Waals surface area (Å²) < 4.78 is 5.45. The summed E-state index contributed by atoms with van der Waals surface area (Å²) in [6, 6.07) is 30.5. The summed E-state index contributed by atoms with van der Waals surface area (Å²) in [6.45, 7) is 0. The van der Waals surface area contributed by atoms with E-state index in [9.17, 15) is 0 Å². The van der Waals surface area contributed by atoms with E-state index in [0.717, 1.165) is 44.4 Å². The lowest BCUT2D eigenvalue weighted by atomic mass is 10.0. The molecule has 0 fully saturated rings. The summed E-state index contributed by atoms with van der Waals surface area (Å²) in [5.41, 5.74) is 6.02. The van der Waals surface area contributed by atoms with Crippen molar-refractivity contribution in [2.75, 3.05) is 12.4 Å². The van der Waals surface area contributed by atoms with E-state index in [1.54, 1.807) is 13.3 Å². The van der Waals surface area contributed by atoms with Crippen molar-refractivity contribution in [2.24, 2.45) is 0 Å². The standard InChI is InChI=1S/C28H21N5O/c1-34-23-12-14-26-24(16-23)28(30-22-11-13-25-21(15-22)17-29-33-25)32-27(31-26)20-9-7-19(8-10-20)18-5-3-2-4-6-18/h2-17H,1H3,(H,29,33)(H,30,31,32). The van der Waals surface area contributed by atoms with Crippen molar-refractivity contribution >= 4 is 33.3 Å². The Labute approximate surface area is 196 Å². The molecule has 0 amide bonds. The van der Waals surface area contributed by atoms with Gasteiger partial charge in [-0.05, 0) is 47.5 Å². The smallest absolute Gasteiger partial charge is 0.162 e. The molecule has 0 aliphatic heterocycles. The molecule has 6 heteroatoms. The van der Waals surface area contributed by atoms with Gasteiger partial charge in [0, 0.05) is 22.0 Å². The number of methoxy groups -OCH3 is 1. The molecule has 4 aromatic carbocycles. The van der Waals surface area contributed by atoms with Gasteiger partial charge in [-0.25, -0.2) is 9.97 Å². The summed E-state index contributed by atoms with van der Waals surface area (Å²) >= 11 is 0. The van der Waals surface area contributed by atoms with Gasteiger partial charge in [0.15, 0.2) is 5.82 Å². The van der Waals surface area contributed by atoms with Crippen LogP contribution in [-0.2, 0) is 0 Å². The molecule has 2 heterocycles. The molecule has 0 bridgehead atoms. The SMILES string of the molecule is COc1ccc2nc(-c3ccc(-c4ccccc4)cc3)nc(Nc3ccc4[nH]ncc4c3)c2c1. The second-order valence-corrected chi connectivity index (χ2v) is 8.02. The molecular weight excluding hydrogens is 422 g/mol. The zero-order valence-corrected chi connectivity index (χ0v) is 18.5. The normalized spacial score (nSPS) is 11.1. The third kappa shape index (κ3) is 3.71. The van der Waals surface area contributed by atoms with Crippen molar-refractivity contribution in [3.63, 3.8) is 0 Å². The Kier molecular flexibility index (Phi) is 4.88. The third-order valence-electron chi connectivity index (χ3n) is 5.86. The van der Waals surface area contributed by atoms with Crippen LogP contribution in [-0.4, -0.2) is 27.3 Å². The number of aromatic nitrogens is 4. The quantitative estimate of drug-likeness (QED) is 0.314. The maximum absolute atomic E-state index is 5.45. The first kappa shape index (κ1) is 19.9. The van der Waals surface area contributed by atoms with Crippen LogP contribution in [0.2, 0.25) is 0 Å². The predicted molar refractivity (Wildman–Crippen MR) is 136 cm³/mol. The largest absolute Gasteiger partial charge is 0.497 e. The van der Waals surface area contributed by atoms with Crippen molar-refractivity contribution in [1.82, 2.24) is 20.2 Å². The van der Waals surface area contributed by atoms with E-state index in [4.69, 9.17) is 14.7 Å². The third-order valence-corrected chi connectivity index (χ3v) is 5.86. The second-order valence-electron chi connectivity index (χ2n) is 8.02. The predicted octanol–water partition coefficient (Wildman–Crippen LogP) is 6.59. The fraction of sp³-hybridized carbons (Fsp3) is 0.0357. The van der Waals surface area contributed by atoms with E-state index in [2.05, 4.69) is 51.9 Å². The first-order valence-corrected chi connectivity index (χ1v) is 11.0. The van der Waals surface area contributed by atoms with Crippen LogP contribution in [0.3, 0.4) is 0 Å². The summed E-state index contributed by atoms with van der Waals surface area (Å²) in [5, 5.41) is 12.5. The van der Waals surface area contributed by atoms with Crippen LogP contribution < -0.4 is 10.1 Å². The van der Waals surface area contributed by atoms with Crippen LogP contribution >= 0.6 is 0 Å². The Bertz CT molecular complexity index is 1610. The van der Waals surface area contributed by atoms with Gasteiger partial charge in [-0.2, -0.15) is 5.10 Å². The van der Waals surface area contributed by atoms with E-state index in [1.807, 2.05) is 54.6 Å². The summed E-state index contributed by atoms with van der Waals surface area (Å²) in [7, 11) is 1.66. The first-order chi connectivity index (χ1) is 16.8. The molecule has 0 atom stereocenters. The molecule has 6 nitrogen and oxygen atoms in total. The highest BCUT2D eigenvalue weighted by Crippen LogP contribution is 2.31. The van der Waals surface area contributed by atoms with E-state index in [0.29, 0.717) is 11.6 Å². The maximum Gasteiger partial charge on any atom is 0.162 e. The van der Waals surface area contributed by atoms with Gasteiger partial charge in [-0.3, -0.25) is 5.10 Å². The average molecular weight is 444 g/mol. The first-order valence-electron chi connectivity index (χ1n) is 11.0. The number of H-pyrrole nitrogens is 1. The Hall–Kier alpha value is -4.71. The van der Waals surface area contributed by atoms with E-state index < -0.39 is 0 Å². The van der Waals surface area contributed by atoms with Crippen molar-refractivity contribution in [2.45, 2.75) is 0 Å². The van der Waals surface area contributed by atoms with Gasteiger partial charge < -0.3 is 10.1 Å². The molecule has 164 valence electrons. The zero-order chi connectivity index (χ0) is 22.9. The van der Waals surface area contributed by atoms with Crippen LogP contribution in [0.1, 0.15) is 0 Å². The Morgan fingerprint density at radius 2 is 1.56 bits per heavy atom. The number of rotatable bonds is 5. The summed E-state index contributed by atoms with van der Waals surface area (Å²) in [4.78, 5) is 9.76. The highest BCUT2D eigenvalue weighted by molar-refractivity contribution is 5.94. The molecule has 34 heavy (non-hydrogen) atoms. The molecule has 0 saturated carbocycles. The number of aromatic amines is 1. The number of nitrogens with zero attached hydrogens (tertiary/aromatic N) is 3. The van der Waals surface area contributed by atoms with Crippen LogP contribution in [0.15, 0.2) is 97.2 Å². The van der Waals surface area contributed by atoms with Gasteiger partial charge in [0.2, 0.25) is 0 Å². The average Bonchev–Trinajstić information content (AvgIpc) is 3.37. The highest BCUT2D eigenvalue weighted by Gasteiger charge is 2.12. The number of hydrogen-bond donors (Lipinski definition) is 2. The molecule has 0 aliphatic carbocycles. The van der Waals surface area contributed by atoms with Crippen LogP contribution in [0.5, 0.6) is 5.75 Å². The van der Waals surface area contributed by atoms with Crippen LogP contribution in [0.25, 0.3) is 44.3 Å². The second kappa shape index (κ2) is 8.33. The van der Waals surface area contributed by atoms with Crippen LogP contribution in [0, 0.1) is 0 Å². The Morgan fingerprint density at radius 3 is 2.38 bits per heavy atom. The molecule has 0 aliphatic rings. The number of anilines is 2. The number of benzene rings is 4. The lowest BCUT2D eigenvalue weighted by Crippen LogP contribution is -2.00. The molecule has 0 radical (unpaired) electrons. The molecule has 6 rings (SSSR count). The van der Waals surface area contributed by atoms with Crippen molar-refractivity contribution in [1.29, 1.82) is 0 Å². The summed E-state index contributed by atoms with van der Waals surface area (Å²) in [5.74, 6) is 2.13. The van der Waals surface area contributed by atoms with Crippen molar-refractivity contribution in [3.8, 4) is 28.3 Å². The number of fused-ring (bicyclic) bond motifs is 2. The lowest BCUT2D eigenvalue weighted by Gasteiger charge is -2.12. The van der Waals surface area contributed by atoms with E-state index in [-0.39, 0.29) is 0 Å². The fourth-order valence-corrected chi connectivity index (χ4v) is 4.06. The fourth-order valence-electron chi connectivity index (χ4n) is 4.06. The highest BCUT2D eigenvalue weighted by atomic mass is 16.5. The molecule has 2 aromatic heterocycles. The molecule has 6 aromatic rings. The Morgan fingerprint density at radius 1 is 0.765 bits per heavy atom. The van der Waals surface area contributed by atoms with Gasteiger partial charge in [-0.1, -0.05) is 54.6 Å². The van der Waals surface area contributed by atoms with Crippen LogP contribution in [0.4, 0.5) is 11.5 Å². The van der Waals surface area contributed by atoms with Gasteiger partial charge >= 0.3 is 0 Å². The minimum absolute atomic E-state index is 0.657. The number of nitrogens with one attached hydrogen (secondary N) is 2. The maximum atomic E-state index is 5.45.